The van der Waals surface area contributed by atoms with Gasteiger partial charge in [0.25, 0.3) is 11.6 Å². The Morgan fingerprint density at radius 2 is 2.29 bits per heavy atom. The van der Waals surface area contributed by atoms with Gasteiger partial charge in [-0.15, -0.1) is 0 Å². The Hall–Kier alpha value is -1.47. The van der Waals surface area contributed by atoms with Gasteiger partial charge in [0.05, 0.1) is 23.7 Å². The summed E-state index contributed by atoms with van der Waals surface area (Å²) in [6.07, 6.45) is -0.0889. The fourth-order valence-electron chi connectivity index (χ4n) is 2.42. The third-order valence-electron chi connectivity index (χ3n) is 3.59. The molecule has 0 bridgehead atoms. The number of nitrogens with zero attached hydrogens (tertiary/aromatic N) is 2. The minimum absolute atomic E-state index is 0.0889. The zero-order valence-electron chi connectivity index (χ0n) is 11.9. The second-order valence-electron chi connectivity index (χ2n) is 5.14. The highest BCUT2D eigenvalue weighted by molar-refractivity contribution is 9.09. The van der Waals surface area contributed by atoms with E-state index in [9.17, 15) is 14.9 Å². The van der Waals surface area contributed by atoms with Gasteiger partial charge >= 0.3 is 0 Å². The minimum Gasteiger partial charge on any atom is -0.373 e. The number of ether oxygens (including phenoxy) is 1. The number of para-hydroxylation sites is 1. The highest BCUT2D eigenvalue weighted by Gasteiger charge is 2.33. The van der Waals surface area contributed by atoms with Crippen LogP contribution in [0.3, 0.4) is 0 Å². The van der Waals surface area contributed by atoms with E-state index in [4.69, 9.17) is 4.74 Å². The van der Waals surface area contributed by atoms with Crippen molar-refractivity contribution >= 4 is 27.5 Å². The van der Waals surface area contributed by atoms with Crippen LogP contribution in [0, 0.1) is 17.0 Å². The van der Waals surface area contributed by atoms with E-state index in [0.29, 0.717) is 24.0 Å². The highest BCUT2D eigenvalue weighted by Crippen LogP contribution is 2.26. The van der Waals surface area contributed by atoms with Crippen molar-refractivity contribution in [2.45, 2.75) is 26.0 Å². The average Bonchev–Trinajstić information content (AvgIpc) is 2.46. The number of hydrogen-bond donors (Lipinski definition) is 0. The third-order valence-corrected chi connectivity index (χ3v) is 4.31. The van der Waals surface area contributed by atoms with Gasteiger partial charge in [-0.1, -0.05) is 28.1 Å². The Kier molecular flexibility index (Phi) is 4.95. The summed E-state index contributed by atoms with van der Waals surface area (Å²) in [5.41, 5.74) is 0.516. The van der Waals surface area contributed by atoms with Crippen LogP contribution in [0.2, 0.25) is 0 Å². The lowest BCUT2D eigenvalue weighted by Crippen LogP contribution is -2.51. The molecular formula is C14H17BrN2O4. The fourth-order valence-corrected chi connectivity index (χ4v) is 2.81. The summed E-state index contributed by atoms with van der Waals surface area (Å²) in [7, 11) is 0. The molecule has 0 radical (unpaired) electrons. The maximum atomic E-state index is 12.7. The number of aryl methyl sites for hydroxylation is 1. The van der Waals surface area contributed by atoms with Gasteiger partial charge in [-0.05, 0) is 19.9 Å². The topological polar surface area (TPSA) is 72.7 Å². The van der Waals surface area contributed by atoms with Gasteiger partial charge in [-0.2, -0.15) is 0 Å². The number of carbonyl (C=O) groups excluding carboxylic acids is 1. The molecule has 0 aromatic heterocycles. The number of morpholine rings is 1. The first-order chi connectivity index (χ1) is 9.95. The molecule has 1 aromatic carbocycles. The van der Waals surface area contributed by atoms with Gasteiger partial charge in [-0.25, -0.2) is 0 Å². The Labute approximate surface area is 131 Å². The Balaban J connectivity index is 2.35. The van der Waals surface area contributed by atoms with Crippen LogP contribution in [0.4, 0.5) is 5.69 Å². The molecule has 0 saturated carbocycles. The number of halogens is 1. The first kappa shape index (κ1) is 15.9. The molecule has 1 heterocycles. The van der Waals surface area contributed by atoms with Gasteiger partial charge in [0.2, 0.25) is 0 Å². The van der Waals surface area contributed by atoms with Crippen LogP contribution in [0.25, 0.3) is 0 Å². The Morgan fingerprint density at radius 1 is 1.57 bits per heavy atom. The molecule has 1 aliphatic heterocycles. The number of amides is 1. The van der Waals surface area contributed by atoms with Crippen LogP contribution in [0.1, 0.15) is 22.8 Å². The summed E-state index contributed by atoms with van der Waals surface area (Å²) in [6, 6.07) is 4.72. The zero-order valence-corrected chi connectivity index (χ0v) is 13.5. The molecule has 0 spiro atoms. The summed E-state index contributed by atoms with van der Waals surface area (Å²) in [4.78, 5) is 25.1. The summed E-state index contributed by atoms with van der Waals surface area (Å²) in [6.45, 7) is 4.38. The first-order valence-corrected chi connectivity index (χ1v) is 7.80. The van der Waals surface area contributed by atoms with Crippen LogP contribution in [-0.2, 0) is 4.74 Å². The monoisotopic (exact) mass is 356 g/mol. The highest BCUT2D eigenvalue weighted by atomic mass is 79.9. The van der Waals surface area contributed by atoms with E-state index in [1.54, 1.807) is 24.0 Å². The van der Waals surface area contributed by atoms with Gasteiger partial charge in [-0.3, -0.25) is 14.9 Å². The van der Waals surface area contributed by atoms with E-state index >= 15 is 0 Å². The van der Waals surface area contributed by atoms with E-state index in [-0.39, 0.29) is 29.3 Å². The molecule has 2 unspecified atom stereocenters. The van der Waals surface area contributed by atoms with Crippen LogP contribution >= 0.6 is 15.9 Å². The number of nitro benzene ring substituents is 1. The fraction of sp³-hybridized carbons (Fsp3) is 0.500. The SMILES string of the molecule is Cc1cccc(C(=O)N2CC(CBr)OCC2C)c1[N+](=O)[O-]. The van der Waals surface area contributed by atoms with Gasteiger partial charge in [0, 0.05) is 17.4 Å². The number of alkyl halides is 1. The van der Waals surface area contributed by atoms with Crippen molar-refractivity contribution in [2.75, 3.05) is 18.5 Å². The molecular weight excluding hydrogens is 340 g/mol. The molecule has 0 N–H and O–H groups in total. The van der Waals surface area contributed by atoms with Gasteiger partial charge < -0.3 is 9.64 Å². The smallest absolute Gasteiger partial charge is 0.285 e. The van der Waals surface area contributed by atoms with Crippen LogP contribution in [-0.4, -0.2) is 46.4 Å². The first-order valence-electron chi connectivity index (χ1n) is 6.68. The summed E-state index contributed by atoms with van der Waals surface area (Å²) in [5, 5.41) is 11.9. The molecule has 2 atom stereocenters. The van der Waals surface area contributed by atoms with Crippen molar-refractivity contribution in [3.8, 4) is 0 Å². The normalized spacial score (nSPS) is 22.1. The largest absolute Gasteiger partial charge is 0.373 e. The maximum Gasteiger partial charge on any atom is 0.285 e. The average molecular weight is 357 g/mol. The number of nitro groups is 1. The molecule has 1 fully saturated rings. The van der Waals surface area contributed by atoms with Crippen molar-refractivity contribution in [2.24, 2.45) is 0 Å². The van der Waals surface area contributed by atoms with Crippen molar-refractivity contribution in [3.05, 3.63) is 39.4 Å². The molecule has 1 amide bonds. The molecule has 2 rings (SSSR count). The van der Waals surface area contributed by atoms with E-state index < -0.39 is 4.92 Å². The lowest BCUT2D eigenvalue weighted by Gasteiger charge is -2.37. The number of hydrogen-bond acceptors (Lipinski definition) is 4. The number of carbonyl (C=O) groups is 1. The lowest BCUT2D eigenvalue weighted by molar-refractivity contribution is -0.385. The van der Waals surface area contributed by atoms with Crippen LogP contribution in [0.15, 0.2) is 18.2 Å². The molecule has 114 valence electrons. The number of rotatable bonds is 3. The van der Waals surface area contributed by atoms with Gasteiger partial charge in [0.15, 0.2) is 0 Å². The Morgan fingerprint density at radius 3 is 2.90 bits per heavy atom. The second kappa shape index (κ2) is 6.53. The lowest BCUT2D eigenvalue weighted by atomic mass is 10.1. The zero-order chi connectivity index (χ0) is 15.6. The molecule has 1 aliphatic rings. The standard InChI is InChI=1S/C14H17BrN2O4/c1-9-4-3-5-12(13(9)17(19)20)14(18)16-7-11(6-15)21-8-10(16)2/h3-5,10-11H,6-8H2,1-2H3. The molecule has 21 heavy (non-hydrogen) atoms. The van der Waals surface area contributed by atoms with E-state index in [0.717, 1.165) is 0 Å². The van der Waals surface area contributed by atoms with Crippen molar-refractivity contribution in [1.82, 2.24) is 4.90 Å². The maximum absolute atomic E-state index is 12.7. The van der Waals surface area contributed by atoms with Crippen molar-refractivity contribution in [1.29, 1.82) is 0 Å². The van der Waals surface area contributed by atoms with Gasteiger partial charge in [0.1, 0.15) is 5.56 Å². The molecule has 7 heteroatoms. The predicted molar refractivity (Wildman–Crippen MR) is 81.9 cm³/mol. The summed E-state index contributed by atoms with van der Waals surface area (Å²) < 4.78 is 5.58. The molecule has 6 nitrogen and oxygen atoms in total. The van der Waals surface area contributed by atoms with Crippen molar-refractivity contribution in [3.63, 3.8) is 0 Å². The number of benzene rings is 1. The van der Waals surface area contributed by atoms with E-state index in [1.165, 1.54) is 6.07 Å². The minimum atomic E-state index is -0.490. The van der Waals surface area contributed by atoms with Crippen molar-refractivity contribution < 1.29 is 14.5 Å². The Bertz CT molecular complexity index is 564. The van der Waals surface area contributed by atoms with Crippen LogP contribution in [0.5, 0.6) is 0 Å². The third kappa shape index (κ3) is 3.24. The predicted octanol–water partition coefficient (Wildman–Crippen LogP) is 2.53. The molecule has 1 saturated heterocycles. The second-order valence-corrected chi connectivity index (χ2v) is 5.79. The van der Waals surface area contributed by atoms with Crippen LogP contribution < -0.4 is 0 Å². The molecule has 0 aliphatic carbocycles. The quantitative estimate of drug-likeness (QED) is 0.473. The van der Waals surface area contributed by atoms with E-state index in [1.807, 2.05) is 6.92 Å². The molecule has 1 aromatic rings. The summed E-state index contributed by atoms with van der Waals surface area (Å²) in [5.74, 6) is -0.313. The summed E-state index contributed by atoms with van der Waals surface area (Å²) >= 11 is 3.34. The van der Waals surface area contributed by atoms with E-state index in [2.05, 4.69) is 15.9 Å².